The number of benzene rings is 2. The van der Waals surface area contributed by atoms with Gasteiger partial charge in [-0.3, -0.25) is 9.59 Å². The molecule has 1 aliphatic heterocycles. The predicted octanol–water partition coefficient (Wildman–Crippen LogP) is 4.17. The summed E-state index contributed by atoms with van der Waals surface area (Å²) >= 11 is 1.70. The maximum Gasteiger partial charge on any atom is 0.225 e. The van der Waals surface area contributed by atoms with Gasteiger partial charge in [0.05, 0.1) is 5.92 Å². The lowest BCUT2D eigenvalue weighted by Gasteiger charge is -2.24. The zero-order chi connectivity index (χ0) is 20.8. The van der Waals surface area contributed by atoms with E-state index in [-0.39, 0.29) is 17.7 Å². The van der Waals surface area contributed by atoms with Gasteiger partial charge in [-0.15, -0.1) is 11.3 Å². The maximum atomic E-state index is 12.9. The van der Waals surface area contributed by atoms with Gasteiger partial charge in [0.1, 0.15) is 0 Å². The molecule has 2 heterocycles. The lowest BCUT2D eigenvalue weighted by molar-refractivity contribution is -0.132. The van der Waals surface area contributed by atoms with E-state index in [1.165, 1.54) is 10.4 Å². The molecule has 2 aromatic carbocycles. The summed E-state index contributed by atoms with van der Waals surface area (Å²) in [4.78, 5) is 28.7. The lowest BCUT2D eigenvalue weighted by atomic mass is 9.94. The summed E-state index contributed by atoms with van der Waals surface area (Å²) in [5.41, 5.74) is 3.49. The van der Waals surface area contributed by atoms with Crippen molar-refractivity contribution in [3.05, 3.63) is 83.2 Å². The van der Waals surface area contributed by atoms with Gasteiger partial charge in [0, 0.05) is 30.9 Å². The van der Waals surface area contributed by atoms with Crippen LogP contribution in [-0.2, 0) is 22.4 Å². The summed E-state index contributed by atoms with van der Waals surface area (Å²) in [5, 5.41) is 5.06. The predicted molar refractivity (Wildman–Crippen MR) is 121 cm³/mol. The van der Waals surface area contributed by atoms with Crippen molar-refractivity contribution in [1.29, 1.82) is 0 Å². The van der Waals surface area contributed by atoms with Crippen LogP contribution in [0.5, 0.6) is 0 Å². The Morgan fingerprint density at radius 1 is 1.03 bits per heavy atom. The van der Waals surface area contributed by atoms with Crippen molar-refractivity contribution in [2.24, 2.45) is 5.92 Å². The molecule has 1 aromatic heterocycles. The highest BCUT2D eigenvalue weighted by atomic mass is 32.1. The van der Waals surface area contributed by atoms with E-state index < -0.39 is 0 Å². The Morgan fingerprint density at radius 2 is 1.83 bits per heavy atom. The summed E-state index contributed by atoms with van der Waals surface area (Å²) in [7, 11) is 0. The number of hydrogen-bond donors (Lipinski definition) is 1. The minimum Gasteiger partial charge on any atom is -0.354 e. The second-order valence-electron chi connectivity index (χ2n) is 7.65. The van der Waals surface area contributed by atoms with Crippen LogP contribution in [0.4, 0.5) is 0 Å². The fourth-order valence-electron chi connectivity index (χ4n) is 3.97. The molecule has 1 aliphatic rings. The van der Waals surface area contributed by atoms with Gasteiger partial charge in [0.25, 0.3) is 0 Å². The van der Waals surface area contributed by atoms with Gasteiger partial charge in [-0.25, -0.2) is 0 Å². The topological polar surface area (TPSA) is 49.4 Å². The molecule has 1 saturated heterocycles. The molecule has 0 radical (unpaired) electrons. The number of hydrogen-bond acceptors (Lipinski definition) is 3. The monoisotopic (exact) mass is 418 g/mol. The first-order valence-electron chi connectivity index (χ1n) is 10.4. The average molecular weight is 419 g/mol. The summed E-state index contributed by atoms with van der Waals surface area (Å²) in [6.07, 6.45) is 1.82. The number of thiophene rings is 1. The van der Waals surface area contributed by atoms with Crippen molar-refractivity contribution in [2.75, 3.05) is 19.6 Å². The van der Waals surface area contributed by atoms with Gasteiger partial charge in [0.2, 0.25) is 11.8 Å². The first kappa shape index (κ1) is 20.4. The van der Waals surface area contributed by atoms with E-state index in [1.54, 1.807) is 11.3 Å². The van der Waals surface area contributed by atoms with Gasteiger partial charge >= 0.3 is 0 Å². The van der Waals surface area contributed by atoms with Crippen LogP contribution in [-0.4, -0.2) is 36.3 Å². The smallest absolute Gasteiger partial charge is 0.225 e. The van der Waals surface area contributed by atoms with E-state index in [0.29, 0.717) is 32.5 Å². The molecule has 0 aliphatic carbocycles. The third-order valence-electron chi connectivity index (χ3n) is 5.59. The first-order chi connectivity index (χ1) is 14.7. The van der Waals surface area contributed by atoms with Crippen molar-refractivity contribution in [1.82, 2.24) is 10.2 Å². The van der Waals surface area contributed by atoms with Crippen molar-refractivity contribution in [2.45, 2.75) is 19.3 Å². The Morgan fingerprint density at radius 3 is 2.63 bits per heavy atom. The van der Waals surface area contributed by atoms with Gasteiger partial charge in [0.15, 0.2) is 0 Å². The Bertz CT molecular complexity index is 985. The molecule has 2 amide bonds. The first-order valence-corrected chi connectivity index (χ1v) is 11.3. The second-order valence-corrected chi connectivity index (χ2v) is 8.60. The van der Waals surface area contributed by atoms with Crippen LogP contribution in [0.15, 0.2) is 72.1 Å². The van der Waals surface area contributed by atoms with Crippen LogP contribution in [0.1, 0.15) is 17.5 Å². The molecule has 0 saturated carbocycles. The molecule has 5 heteroatoms. The quantitative estimate of drug-likeness (QED) is 0.653. The van der Waals surface area contributed by atoms with E-state index in [4.69, 9.17) is 0 Å². The minimum absolute atomic E-state index is 0.0364. The number of amides is 2. The van der Waals surface area contributed by atoms with E-state index >= 15 is 0 Å². The minimum atomic E-state index is -0.241. The number of aryl methyl sites for hydroxylation is 1. The third kappa shape index (κ3) is 4.97. The summed E-state index contributed by atoms with van der Waals surface area (Å²) in [6, 6.07) is 22.5. The number of nitrogens with one attached hydrogen (secondary N) is 1. The zero-order valence-corrected chi connectivity index (χ0v) is 17.7. The highest BCUT2D eigenvalue weighted by Crippen LogP contribution is 2.30. The van der Waals surface area contributed by atoms with Crippen molar-refractivity contribution < 1.29 is 9.59 Å². The highest BCUT2D eigenvalue weighted by Gasteiger charge is 2.28. The number of rotatable bonds is 6. The van der Waals surface area contributed by atoms with Crippen molar-refractivity contribution in [3.8, 4) is 10.4 Å². The lowest BCUT2D eigenvalue weighted by Crippen LogP contribution is -2.37. The van der Waals surface area contributed by atoms with Crippen LogP contribution < -0.4 is 5.32 Å². The van der Waals surface area contributed by atoms with E-state index in [1.807, 2.05) is 53.4 Å². The second kappa shape index (κ2) is 9.72. The van der Waals surface area contributed by atoms with Crippen molar-refractivity contribution in [3.63, 3.8) is 0 Å². The molecular formula is C25H26N2O2S. The molecule has 4 nitrogen and oxygen atoms in total. The van der Waals surface area contributed by atoms with Crippen LogP contribution >= 0.6 is 11.3 Å². The van der Waals surface area contributed by atoms with Gasteiger partial charge < -0.3 is 10.2 Å². The molecule has 4 rings (SSSR count). The molecule has 1 atom stereocenters. The third-order valence-corrected chi connectivity index (χ3v) is 6.49. The van der Waals surface area contributed by atoms with Gasteiger partial charge in [-0.1, -0.05) is 60.7 Å². The van der Waals surface area contributed by atoms with Crippen molar-refractivity contribution >= 4 is 23.2 Å². The summed E-state index contributed by atoms with van der Waals surface area (Å²) in [6.45, 7) is 1.56. The standard InChI is InChI=1S/C25H26N2O2S/c28-24(13-12-19-7-2-1-3-8-19)27-15-14-26-25(29)21(18-27)17-20-9-4-5-10-22(20)23-11-6-16-30-23/h1-11,16,21H,12-15,17-18H2,(H,26,29)/t21-/m0/s1. The molecule has 1 fully saturated rings. The Balaban J connectivity index is 1.45. The van der Waals surface area contributed by atoms with Crippen LogP contribution in [0.25, 0.3) is 10.4 Å². The Labute approximate surface area is 181 Å². The molecule has 0 bridgehead atoms. The average Bonchev–Trinajstić information content (AvgIpc) is 3.25. The number of carbonyl (C=O) groups is 2. The van der Waals surface area contributed by atoms with E-state index in [2.05, 4.69) is 28.9 Å². The van der Waals surface area contributed by atoms with Gasteiger partial charge in [-0.05, 0) is 41.0 Å². The fourth-order valence-corrected chi connectivity index (χ4v) is 4.76. The normalized spacial score (nSPS) is 16.7. The van der Waals surface area contributed by atoms with Crippen LogP contribution in [0.3, 0.4) is 0 Å². The SMILES string of the molecule is O=C1NCCN(C(=O)CCc2ccccc2)C[C@@H]1Cc1ccccc1-c1cccs1. The molecule has 0 unspecified atom stereocenters. The number of nitrogens with zero attached hydrogens (tertiary/aromatic N) is 1. The molecule has 0 spiro atoms. The van der Waals surface area contributed by atoms with E-state index in [0.717, 1.165) is 17.5 Å². The molecule has 1 N–H and O–H groups in total. The zero-order valence-electron chi connectivity index (χ0n) is 16.9. The molecule has 3 aromatic rings. The number of carbonyl (C=O) groups excluding carboxylic acids is 2. The molecular weight excluding hydrogens is 392 g/mol. The molecule has 30 heavy (non-hydrogen) atoms. The Hall–Kier alpha value is -2.92. The largest absolute Gasteiger partial charge is 0.354 e. The van der Waals surface area contributed by atoms with Crippen LogP contribution in [0.2, 0.25) is 0 Å². The summed E-state index contributed by atoms with van der Waals surface area (Å²) in [5.74, 6) is -0.0875. The fraction of sp³-hybridized carbons (Fsp3) is 0.280. The summed E-state index contributed by atoms with van der Waals surface area (Å²) < 4.78 is 0. The van der Waals surface area contributed by atoms with Crippen LogP contribution in [0, 0.1) is 5.92 Å². The van der Waals surface area contributed by atoms with Gasteiger partial charge in [-0.2, -0.15) is 0 Å². The van der Waals surface area contributed by atoms with E-state index in [9.17, 15) is 9.59 Å². The molecule has 154 valence electrons. The Kier molecular flexibility index (Phi) is 6.60. The highest BCUT2D eigenvalue weighted by molar-refractivity contribution is 7.13. The maximum absolute atomic E-state index is 12.9.